The van der Waals surface area contributed by atoms with Crippen molar-refractivity contribution in [3.05, 3.63) is 28.8 Å². The van der Waals surface area contributed by atoms with E-state index < -0.39 is 0 Å². The third-order valence-electron chi connectivity index (χ3n) is 2.32. The van der Waals surface area contributed by atoms with Crippen LogP contribution < -0.4 is 4.90 Å². The van der Waals surface area contributed by atoms with Gasteiger partial charge >= 0.3 is 0 Å². The third-order valence-corrected chi connectivity index (χ3v) is 2.32. The highest BCUT2D eigenvalue weighted by Crippen LogP contribution is 2.22. The number of aryl methyl sites for hydroxylation is 3. The standard InChI is InChI=1S/C11H14N2/c1-8-5-10(3)11(6-9(8)2)13(4)7-12/h5-6H,1-4H3. The molecule has 1 rings (SSSR count). The normalized spacial score (nSPS) is 9.46. The van der Waals surface area contributed by atoms with E-state index in [0.717, 1.165) is 11.3 Å². The molecule has 0 bridgehead atoms. The molecule has 2 nitrogen and oxygen atoms in total. The number of anilines is 1. The van der Waals surface area contributed by atoms with Crippen LogP contribution in [0.4, 0.5) is 5.69 Å². The van der Waals surface area contributed by atoms with Crippen molar-refractivity contribution in [2.45, 2.75) is 20.8 Å². The van der Waals surface area contributed by atoms with E-state index in [1.807, 2.05) is 13.0 Å². The highest BCUT2D eigenvalue weighted by atomic mass is 15.1. The first-order chi connectivity index (χ1) is 6.06. The van der Waals surface area contributed by atoms with Gasteiger partial charge < -0.3 is 0 Å². The Morgan fingerprint density at radius 2 is 1.62 bits per heavy atom. The quantitative estimate of drug-likeness (QED) is 0.483. The average Bonchev–Trinajstić information content (AvgIpc) is 2.10. The summed E-state index contributed by atoms with van der Waals surface area (Å²) in [6.45, 7) is 6.16. The summed E-state index contributed by atoms with van der Waals surface area (Å²) in [7, 11) is 1.77. The molecule has 0 saturated heterocycles. The summed E-state index contributed by atoms with van der Waals surface area (Å²) in [5.74, 6) is 0. The SMILES string of the molecule is Cc1cc(C)c(N(C)C#N)cc1C. The molecule has 68 valence electrons. The van der Waals surface area contributed by atoms with Crippen molar-refractivity contribution in [3.63, 3.8) is 0 Å². The summed E-state index contributed by atoms with van der Waals surface area (Å²) < 4.78 is 0. The maximum atomic E-state index is 8.75. The van der Waals surface area contributed by atoms with Crippen LogP contribution >= 0.6 is 0 Å². The topological polar surface area (TPSA) is 27.0 Å². The zero-order valence-corrected chi connectivity index (χ0v) is 8.55. The van der Waals surface area contributed by atoms with E-state index in [0.29, 0.717) is 0 Å². The Kier molecular flexibility index (Phi) is 2.57. The molecule has 1 aromatic carbocycles. The first kappa shape index (κ1) is 9.60. The molecule has 0 aromatic heterocycles. The molecule has 0 amide bonds. The van der Waals surface area contributed by atoms with Gasteiger partial charge in [0.15, 0.2) is 6.19 Å². The number of hydrogen-bond acceptors (Lipinski definition) is 2. The van der Waals surface area contributed by atoms with E-state index in [4.69, 9.17) is 5.26 Å². The molecule has 0 aliphatic rings. The Hall–Kier alpha value is -1.49. The van der Waals surface area contributed by atoms with Crippen LogP contribution in [0.1, 0.15) is 16.7 Å². The van der Waals surface area contributed by atoms with Crippen LogP contribution in [0, 0.1) is 32.2 Å². The van der Waals surface area contributed by atoms with Gasteiger partial charge in [-0.05, 0) is 43.5 Å². The van der Waals surface area contributed by atoms with Gasteiger partial charge in [0.25, 0.3) is 0 Å². The summed E-state index contributed by atoms with van der Waals surface area (Å²) in [5.41, 5.74) is 4.63. The summed E-state index contributed by atoms with van der Waals surface area (Å²) >= 11 is 0. The molecule has 0 aliphatic carbocycles. The van der Waals surface area contributed by atoms with Crippen molar-refractivity contribution in [2.24, 2.45) is 0 Å². The lowest BCUT2D eigenvalue weighted by Crippen LogP contribution is -2.10. The lowest BCUT2D eigenvalue weighted by atomic mass is 10.0. The molecule has 0 heterocycles. The molecular formula is C11H14N2. The molecule has 0 saturated carbocycles. The molecule has 0 N–H and O–H groups in total. The first-order valence-electron chi connectivity index (χ1n) is 4.27. The average molecular weight is 174 g/mol. The fourth-order valence-electron chi connectivity index (χ4n) is 1.36. The van der Waals surface area contributed by atoms with Crippen LogP contribution in [0.2, 0.25) is 0 Å². The minimum atomic E-state index is 0.991. The largest absolute Gasteiger partial charge is 0.282 e. The summed E-state index contributed by atoms with van der Waals surface area (Å²) in [5, 5.41) is 8.75. The monoisotopic (exact) mass is 174 g/mol. The molecule has 0 spiro atoms. The summed E-state index contributed by atoms with van der Waals surface area (Å²) in [6.07, 6.45) is 2.10. The van der Waals surface area contributed by atoms with Crippen LogP contribution in [0.3, 0.4) is 0 Å². The van der Waals surface area contributed by atoms with E-state index in [9.17, 15) is 0 Å². The second-order valence-corrected chi connectivity index (χ2v) is 3.38. The number of nitrogens with zero attached hydrogens (tertiary/aromatic N) is 2. The number of hydrogen-bond donors (Lipinski definition) is 0. The van der Waals surface area contributed by atoms with Crippen LogP contribution in [0.15, 0.2) is 12.1 Å². The zero-order chi connectivity index (χ0) is 10.0. The van der Waals surface area contributed by atoms with Crippen molar-refractivity contribution >= 4 is 5.69 Å². The van der Waals surface area contributed by atoms with Crippen molar-refractivity contribution in [1.29, 1.82) is 5.26 Å². The minimum Gasteiger partial charge on any atom is -0.282 e. The second kappa shape index (κ2) is 3.49. The maximum Gasteiger partial charge on any atom is 0.184 e. The van der Waals surface area contributed by atoms with Gasteiger partial charge in [0.1, 0.15) is 0 Å². The van der Waals surface area contributed by atoms with Gasteiger partial charge in [0.05, 0.1) is 5.69 Å². The van der Waals surface area contributed by atoms with Crippen molar-refractivity contribution in [1.82, 2.24) is 0 Å². The van der Waals surface area contributed by atoms with Crippen molar-refractivity contribution < 1.29 is 0 Å². The van der Waals surface area contributed by atoms with Gasteiger partial charge in [0.2, 0.25) is 0 Å². The van der Waals surface area contributed by atoms with E-state index in [-0.39, 0.29) is 0 Å². The molecule has 13 heavy (non-hydrogen) atoms. The van der Waals surface area contributed by atoms with Gasteiger partial charge in [0, 0.05) is 7.05 Å². The maximum absolute atomic E-state index is 8.75. The zero-order valence-electron chi connectivity index (χ0n) is 8.55. The fourth-order valence-corrected chi connectivity index (χ4v) is 1.36. The molecule has 0 fully saturated rings. The predicted molar refractivity (Wildman–Crippen MR) is 54.7 cm³/mol. The number of rotatable bonds is 1. The highest BCUT2D eigenvalue weighted by Gasteiger charge is 2.05. The molecule has 0 aliphatic heterocycles. The molecule has 0 radical (unpaired) electrons. The summed E-state index contributed by atoms with van der Waals surface area (Å²) in [4.78, 5) is 1.59. The van der Waals surface area contributed by atoms with Crippen molar-refractivity contribution in [2.75, 3.05) is 11.9 Å². The molecule has 1 aromatic rings. The Labute approximate surface area is 79.4 Å². The fraction of sp³-hybridized carbons (Fsp3) is 0.364. The van der Waals surface area contributed by atoms with Crippen molar-refractivity contribution in [3.8, 4) is 6.19 Å². The lowest BCUT2D eigenvalue weighted by molar-refractivity contribution is 1.16. The van der Waals surface area contributed by atoms with Gasteiger partial charge in [-0.15, -0.1) is 0 Å². The highest BCUT2D eigenvalue weighted by molar-refractivity contribution is 5.58. The third kappa shape index (κ3) is 1.81. The van der Waals surface area contributed by atoms with Gasteiger partial charge in [-0.1, -0.05) is 6.07 Å². The molecule has 0 unspecified atom stereocenters. The van der Waals surface area contributed by atoms with Crippen LogP contribution in [0.25, 0.3) is 0 Å². The van der Waals surface area contributed by atoms with E-state index >= 15 is 0 Å². The van der Waals surface area contributed by atoms with Crippen LogP contribution in [-0.2, 0) is 0 Å². The molecule has 2 heteroatoms. The molecular weight excluding hydrogens is 160 g/mol. The Morgan fingerprint density at radius 3 is 2.15 bits per heavy atom. The molecule has 0 atom stereocenters. The van der Waals surface area contributed by atoms with Gasteiger partial charge in [-0.2, -0.15) is 5.26 Å². The van der Waals surface area contributed by atoms with Gasteiger partial charge in [-0.3, -0.25) is 4.90 Å². The number of nitriles is 1. The smallest absolute Gasteiger partial charge is 0.184 e. The Bertz CT molecular complexity index is 361. The number of benzene rings is 1. The first-order valence-corrected chi connectivity index (χ1v) is 4.27. The Morgan fingerprint density at radius 1 is 1.08 bits per heavy atom. The second-order valence-electron chi connectivity index (χ2n) is 3.38. The van der Waals surface area contributed by atoms with Crippen LogP contribution in [0.5, 0.6) is 0 Å². The van der Waals surface area contributed by atoms with Gasteiger partial charge in [-0.25, -0.2) is 0 Å². The summed E-state index contributed by atoms with van der Waals surface area (Å²) in [6, 6.07) is 4.16. The van der Waals surface area contributed by atoms with E-state index in [2.05, 4.69) is 26.1 Å². The van der Waals surface area contributed by atoms with E-state index in [1.54, 1.807) is 11.9 Å². The Balaban J connectivity index is 3.25. The lowest BCUT2D eigenvalue weighted by Gasteiger charge is -2.14. The minimum absolute atomic E-state index is 0.991. The van der Waals surface area contributed by atoms with Crippen LogP contribution in [-0.4, -0.2) is 7.05 Å². The predicted octanol–water partition coefficient (Wildman–Crippen LogP) is 2.53. The van der Waals surface area contributed by atoms with E-state index in [1.165, 1.54) is 11.1 Å².